The first kappa shape index (κ1) is 86.6. The maximum Gasteiger partial charge on any atom is 0.340 e. The third kappa shape index (κ3) is 26.9. The molecular formula is C86H107N8O13PS4. The number of esters is 3. The second kappa shape index (κ2) is 45.3. The zero-order valence-corrected chi connectivity index (χ0v) is 69.2. The molecule has 2 N–H and O–H groups in total. The van der Waals surface area contributed by atoms with Crippen LogP contribution in [0, 0.1) is 0 Å². The lowest BCUT2D eigenvalue weighted by atomic mass is 9.77. The summed E-state index contributed by atoms with van der Waals surface area (Å²) in [6, 6.07) is 41.6. The Labute approximate surface area is 675 Å². The number of pyridine rings is 2. The zero-order valence-electron chi connectivity index (χ0n) is 65.0. The largest absolute Gasteiger partial charge is 0.756 e. The van der Waals surface area contributed by atoms with Crippen molar-refractivity contribution in [3.8, 4) is 17.2 Å². The van der Waals surface area contributed by atoms with Crippen LogP contribution < -0.4 is 20.3 Å². The minimum atomic E-state index is -4.96. The van der Waals surface area contributed by atoms with Crippen LogP contribution in [0.3, 0.4) is 0 Å². The highest BCUT2D eigenvalue weighted by Gasteiger charge is 2.54. The predicted octanol–water partition coefficient (Wildman–Crippen LogP) is 21.2. The molecule has 2 unspecified atom stereocenters. The highest BCUT2D eigenvalue weighted by molar-refractivity contribution is 8.77. The van der Waals surface area contributed by atoms with Gasteiger partial charge in [-0.1, -0.05) is 237 Å². The lowest BCUT2D eigenvalue weighted by molar-refractivity contribution is -0.904. The van der Waals surface area contributed by atoms with E-state index in [-0.39, 0.29) is 72.5 Å². The lowest BCUT2D eigenvalue weighted by Gasteiger charge is -2.37. The highest BCUT2D eigenvalue weighted by atomic mass is 33.1. The van der Waals surface area contributed by atoms with Gasteiger partial charge in [0.05, 0.1) is 49.3 Å². The summed E-state index contributed by atoms with van der Waals surface area (Å²) in [4.78, 5) is 92.9. The van der Waals surface area contributed by atoms with Gasteiger partial charge in [0, 0.05) is 75.2 Å². The average molecular weight is 1620 g/mol. The predicted molar refractivity (Wildman–Crippen MR) is 442 cm³/mol. The van der Waals surface area contributed by atoms with Crippen molar-refractivity contribution in [2.45, 2.75) is 232 Å². The fraction of sp³-hybridized carbons (Fsp3) is 0.453. The van der Waals surface area contributed by atoms with Gasteiger partial charge in [0.15, 0.2) is 11.7 Å². The maximum atomic E-state index is 14.6. The van der Waals surface area contributed by atoms with Crippen molar-refractivity contribution >= 4 is 92.1 Å². The number of hydrogen-bond acceptors (Lipinski definition) is 21. The number of carbonyl (C=O) groups is 5. The van der Waals surface area contributed by atoms with Crippen LogP contribution in [-0.4, -0.2) is 106 Å². The Morgan fingerprint density at radius 1 is 0.554 bits per heavy atom. The molecule has 2 amide bonds. The fourth-order valence-corrected chi connectivity index (χ4v) is 18.5. The summed E-state index contributed by atoms with van der Waals surface area (Å²) in [5.41, 5.74) is 2.86. The maximum absolute atomic E-state index is 14.6. The molecule has 21 nitrogen and oxygen atoms in total. The number of nitrogens with zero attached hydrogens (tertiary/aromatic N) is 6. The van der Waals surface area contributed by atoms with E-state index in [0.29, 0.717) is 63.4 Å². The summed E-state index contributed by atoms with van der Waals surface area (Å²) >= 11 is 0. The number of rotatable bonds is 51. The van der Waals surface area contributed by atoms with Crippen molar-refractivity contribution in [2.24, 2.45) is 0 Å². The van der Waals surface area contributed by atoms with E-state index in [1.807, 2.05) is 74.8 Å². The van der Waals surface area contributed by atoms with Gasteiger partial charge < -0.3 is 48.0 Å². The monoisotopic (exact) mass is 1620 g/mol. The molecule has 1 spiro atoms. The van der Waals surface area contributed by atoms with Gasteiger partial charge in [-0.2, -0.15) is 0 Å². The summed E-state index contributed by atoms with van der Waals surface area (Å²) in [6.07, 6.45) is 34.7. The van der Waals surface area contributed by atoms with Crippen molar-refractivity contribution in [1.82, 2.24) is 25.0 Å². The Balaban J connectivity index is 0.767. The van der Waals surface area contributed by atoms with E-state index in [1.54, 1.807) is 102 Å². The van der Waals surface area contributed by atoms with Gasteiger partial charge in [0.2, 0.25) is 0 Å². The van der Waals surface area contributed by atoms with Gasteiger partial charge in [-0.15, -0.1) is 5.10 Å². The summed E-state index contributed by atoms with van der Waals surface area (Å²) in [5.74, 6) is -1.76. The average Bonchev–Trinajstić information content (AvgIpc) is 1.50. The van der Waals surface area contributed by atoms with E-state index >= 15 is 0 Å². The third-order valence-electron chi connectivity index (χ3n) is 19.7. The topological polar surface area (TPSA) is 261 Å². The first-order valence-electron chi connectivity index (χ1n) is 39.8. The van der Waals surface area contributed by atoms with Crippen molar-refractivity contribution in [3.05, 3.63) is 197 Å². The number of quaternary nitrogens is 1. The molecule has 0 saturated carbocycles. The number of amides is 2. The smallest absolute Gasteiger partial charge is 0.340 e. The molecule has 8 aromatic rings. The summed E-state index contributed by atoms with van der Waals surface area (Å²) in [7, 11) is 4.51. The molecule has 2 aliphatic rings. The Morgan fingerprint density at radius 2 is 1.03 bits per heavy atom. The molecule has 112 heavy (non-hydrogen) atoms. The van der Waals surface area contributed by atoms with Crippen molar-refractivity contribution in [2.75, 3.05) is 51.1 Å². The molecule has 0 radical (unpaired) electrons. The molecule has 0 saturated heterocycles. The van der Waals surface area contributed by atoms with E-state index in [0.717, 1.165) is 58.4 Å². The van der Waals surface area contributed by atoms with Crippen molar-refractivity contribution in [1.29, 1.82) is 0 Å². The minimum absolute atomic E-state index is 0.146. The number of likely N-dealkylation sites (N-methyl/N-ethyl adjacent to an activating group) is 1. The van der Waals surface area contributed by atoms with E-state index in [1.165, 1.54) is 159 Å². The standard InChI is InChI=1S/C86H107N8O13PS4/c1-5-7-9-11-13-15-17-19-21-23-25-27-29-45-81(95)102-62-68(105-82(96)46-30-28-26-24-22-20-18-16-14-12-10-8-6-2)63-104-108(100,101)103-56-55-94(3,4)61-66-60-93(92-91-66)67-49-52-72-71(59-67)85(99)107-86(72)73-50-47-64(89-83(97)69-39-31-33-41-77(69)109-111-79-43-35-37-53-87-79)57-75(73)106-76-58-65(48-51-74(76)86)90-84(98)70-40-32-34-42-78(70)110-112-80-44-36-38-54-88-80/h31-44,47-54,57-60,68H,5-30,45-46,55-56,61-63H2,1-4H3,(H2-,89,90,97,98,100,101). The molecule has 0 fully saturated rings. The van der Waals surface area contributed by atoms with Crippen LogP contribution in [0.15, 0.2) is 178 Å². The quantitative estimate of drug-likeness (QED) is 0.00896. The van der Waals surface area contributed by atoms with Gasteiger partial charge in [-0.25, -0.2) is 19.4 Å². The number of fused-ring (bicyclic) bond motifs is 6. The number of phosphoric acid groups is 1. The number of hydrogen-bond donors (Lipinski definition) is 2. The van der Waals surface area contributed by atoms with Gasteiger partial charge >= 0.3 is 17.9 Å². The number of nitrogens with one attached hydrogen (secondary N) is 2. The molecule has 10 rings (SSSR count). The number of anilines is 2. The Kier molecular flexibility index (Phi) is 35.0. The first-order valence-corrected chi connectivity index (χ1v) is 45.6. The summed E-state index contributed by atoms with van der Waals surface area (Å²) in [5, 5.41) is 16.6. The number of phosphoric ester groups is 1. The molecule has 26 heteroatoms. The fourth-order valence-electron chi connectivity index (χ4n) is 13.7. The number of benzene rings is 5. The Bertz CT molecular complexity index is 4230. The minimum Gasteiger partial charge on any atom is -0.756 e. The van der Waals surface area contributed by atoms with Crippen LogP contribution in [0.1, 0.15) is 247 Å². The SMILES string of the molecule is CCCCCCCCCCCCCCCC(=O)OCC(COP(=O)([O-])OCC[N+](C)(C)Cc1cn(-c2ccc3c(c2)C(=O)OC32c3ccc(NC(=O)c4ccccc4SSc4ccccn4)cc3Oc3cc(NC(=O)c4ccccc4SSc4ccccn4)ccc32)nn1)OC(=O)CCCCCCCCCCCCCCC. The number of aromatic nitrogens is 5. The molecule has 5 heterocycles. The molecule has 2 atom stereocenters. The second-order valence-electron chi connectivity index (χ2n) is 29.2. The molecule has 0 aliphatic carbocycles. The van der Waals surface area contributed by atoms with Crippen molar-refractivity contribution in [3.63, 3.8) is 0 Å². The van der Waals surface area contributed by atoms with Gasteiger partial charge in [0.25, 0.3) is 19.6 Å². The van der Waals surface area contributed by atoms with E-state index in [2.05, 4.69) is 44.8 Å². The molecular weight excluding hydrogens is 1510 g/mol. The Morgan fingerprint density at radius 3 is 1.53 bits per heavy atom. The molecule has 598 valence electrons. The lowest BCUT2D eigenvalue weighted by Crippen LogP contribution is -2.41. The zero-order chi connectivity index (χ0) is 78.8. The number of unbranched alkanes of at least 4 members (excludes halogenated alkanes) is 24. The van der Waals surface area contributed by atoms with E-state index in [9.17, 15) is 33.4 Å². The second-order valence-corrected chi connectivity index (χ2v) is 35.0. The van der Waals surface area contributed by atoms with Crippen LogP contribution in [0.25, 0.3) is 5.69 Å². The third-order valence-corrected chi connectivity index (χ3v) is 25.4. The van der Waals surface area contributed by atoms with Crippen LogP contribution in [0.2, 0.25) is 0 Å². The summed E-state index contributed by atoms with van der Waals surface area (Å²) in [6.45, 7) is 3.75. The van der Waals surface area contributed by atoms with Crippen LogP contribution in [-0.2, 0) is 49.6 Å². The normalized spacial score (nSPS) is 13.5. The number of carbonyl (C=O) groups excluding carboxylic acids is 5. The Hall–Kier alpha value is -7.84. The van der Waals surface area contributed by atoms with Crippen LogP contribution in [0.4, 0.5) is 11.4 Å². The van der Waals surface area contributed by atoms with Gasteiger partial charge in [-0.3, -0.25) is 23.7 Å². The van der Waals surface area contributed by atoms with Gasteiger partial charge in [-0.05, 0) is 119 Å². The summed E-state index contributed by atoms with van der Waals surface area (Å²) < 4.78 is 50.5. The van der Waals surface area contributed by atoms with E-state index in [4.69, 9.17) is 28.0 Å². The molecule has 3 aromatic heterocycles. The van der Waals surface area contributed by atoms with Crippen LogP contribution >= 0.6 is 51.0 Å². The molecule has 5 aromatic carbocycles. The number of ether oxygens (including phenoxy) is 4. The van der Waals surface area contributed by atoms with Crippen LogP contribution in [0.5, 0.6) is 11.5 Å². The highest BCUT2D eigenvalue weighted by Crippen LogP contribution is 2.57. The molecule has 2 aliphatic heterocycles. The van der Waals surface area contributed by atoms with E-state index < -0.39 is 44.0 Å². The molecule has 0 bridgehead atoms. The van der Waals surface area contributed by atoms with Gasteiger partial charge in [0.1, 0.15) is 53.5 Å². The van der Waals surface area contributed by atoms with Crippen molar-refractivity contribution < 1.29 is 65.9 Å². The first-order chi connectivity index (χ1) is 54.5.